The molecule has 1 amide bonds. The smallest absolute Gasteiger partial charge is 0.257 e. The van der Waals surface area contributed by atoms with E-state index in [4.69, 9.17) is 13.9 Å². The predicted molar refractivity (Wildman–Crippen MR) is 93.8 cm³/mol. The van der Waals surface area contributed by atoms with E-state index < -0.39 is 0 Å². The molecule has 0 spiro atoms. The second-order valence-electron chi connectivity index (χ2n) is 7.14. The van der Waals surface area contributed by atoms with Gasteiger partial charge in [0.1, 0.15) is 6.26 Å². The zero-order valence-corrected chi connectivity index (χ0v) is 15.1. The van der Waals surface area contributed by atoms with Gasteiger partial charge in [-0.15, -0.1) is 0 Å². The number of aromatic nitrogens is 2. The summed E-state index contributed by atoms with van der Waals surface area (Å²) in [5, 5.41) is 4.64. The third-order valence-electron chi connectivity index (χ3n) is 5.34. The van der Waals surface area contributed by atoms with Gasteiger partial charge < -0.3 is 18.8 Å². The highest BCUT2D eigenvalue weighted by atomic mass is 16.5. The summed E-state index contributed by atoms with van der Waals surface area (Å²) >= 11 is 0. The van der Waals surface area contributed by atoms with Gasteiger partial charge in [0.25, 0.3) is 5.91 Å². The van der Waals surface area contributed by atoms with Gasteiger partial charge in [0.15, 0.2) is 0 Å². The van der Waals surface area contributed by atoms with Crippen LogP contribution in [-0.2, 0) is 22.6 Å². The van der Waals surface area contributed by atoms with Crippen molar-refractivity contribution >= 4 is 5.91 Å². The first-order valence-corrected chi connectivity index (χ1v) is 9.19. The average Bonchev–Trinajstić information content (AvgIpc) is 3.33. The maximum atomic E-state index is 12.7. The molecular formula is C19H25N3O4. The van der Waals surface area contributed by atoms with E-state index in [0.29, 0.717) is 31.2 Å². The maximum absolute atomic E-state index is 12.7. The Balaban J connectivity index is 1.55. The van der Waals surface area contributed by atoms with E-state index in [-0.39, 0.29) is 11.8 Å². The number of fused-ring (bicyclic) bond motifs is 1. The molecule has 1 saturated heterocycles. The van der Waals surface area contributed by atoms with E-state index in [1.54, 1.807) is 13.2 Å². The predicted octanol–water partition coefficient (Wildman–Crippen LogP) is 2.29. The van der Waals surface area contributed by atoms with E-state index in [9.17, 15) is 4.79 Å². The van der Waals surface area contributed by atoms with Gasteiger partial charge in [-0.2, -0.15) is 5.10 Å². The molecule has 2 aliphatic rings. The minimum absolute atomic E-state index is 0.0114. The Hall–Kier alpha value is -2.12. The van der Waals surface area contributed by atoms with Crippen LogP contribution in [0.2, 0.25) is 0 Å². The first kappa shape index (κ1) is 17.3. The van der Waals surface area contributed by atoms with Gasteiger partial charge in [0.05, 0.1) is 30.3 Å². The van der Waals surface area contributed by atoms with E-state index in [0.717, 1.165) is 38.2 Å². The monoisotopic (exact) mass is 359 g/mol. The van der Waals surface area contributed by atoms with Gasteiger partial charge in [-0.25, -0.2) is 0 Å². The fraction of sp³-hybridized carbons (Fsp3) is 0.579. The molecule has 4 heterocycles. The van der Waals surface area contributed by atoms with Crippen LogP contribution in [0.15, 0.2) is 29.2 Å². The molecular weight excluding hydrogens is 334 g/mol. The second kappa shape index (κ2) is 7.63. The van der Waals surface area contributed by atoms with E-state index in [1.807, 2.05) is 11.1 Å². The molecule has 2 aromatic heterocycles. The van der Waals surface area contributed by atoms with Gasteiger partial charge >= 0.3 is 0 Å². The number of carbonyl (C=O) groups excluding carboxylic acids is 1. The summed E-state index contributed by atoms with van der Waals surface area (Å²) in [7, 11) is 1.70. The molecule has 0 aliphatic carbocycles. The number of nitrogens with zero attached hydrogens (tertiary/aromatic N) is 3. The van der Waals surface area contributed by atoms with E-state index in [1.165, 1.54) is 18.2 Å². The third kappa shape index (κ3) is 3.41. The van der Waals surface area contributed by atoms with Crippen molar-refractivity contribution in [1.82, 2.24) is 14.7 Å². The van der Waals surface area contributed by atoms with Crippen LogP contribution in [0, 0.1) is 5.92 Å². The SMILES string of the molecule is COC[C@H]1CN(C(=O)c2ccoc2)Cc2cnn(CC3CCOCC3)c21. The molecule has 26 heavy (non-hydrogen) atoms. The Kier molecular flexibility index (Phi) is 5.08. The van der Waals surface area contributed by atoms with Crippen molar-refractivity contribution in [3.8, 4) is 0 Å². The normalized spacial score (nSPS) is 21.0. The van der Waals surface area contributed by atoms with Gasteiger partial charge in [-0.3, -0.25) is 9.48 Å². The number of hydrogen-bond donors (Lipinski definition) is 0. The highest BCUT2D eigenvalue weighted by Crippen LogP contribution is 2.31. The minimum atomic E-state index is -0.0114. The van der Waals surface area contributed by atoms with Crippen molar-refractivity contribution in [1.29, 1.82) is 0 Å². The van der Waals surface area contributed by atoms with Crippen LogP contribution in [0.5, 0.6) is 0 Å². The fourth-order valence-electron chi connectivity index (χ4n) is 4.03. The van der Waals surface area contributed by atoms with Gasteiger partial charge in [-0.05, 0) is 24.8 Å². The Bertz CT molecular complexity index is 734. The van der Waals surface area contributed by atoms with Gasteiger partial charge in [0, 0.05) is 51.4 Å². The fourth-order valence-corrected chi connectivity index (χ4v) is 4.03. The lowest BCUT2D eigenvalue weighted by Crippen LogP contribution is -2.40. The summed E-state index contributed by atoms with van der Waals surface area (Å²) in [6, 6.07) is 1.71. The van der Waals surface area contributed by atoms with E-state index >= 15 is 0 Å². The largest absolute Gasteiger partial charge is 0.472 e. The number of methoxy groups -OCH3 is 1. The molecule has 0 radical (unpaired) electrons. The number of carbonyl (C=O) groups is 1. The van der Waals surface area contributed by atoms with E-state index in [2.05, 4.69) is 9.78 Å². The number of rotatable bonds is 5. The van der Waals surface area contributed by atoms with Crippen LogP contribution in [0.3, 0.4) is 0 Å². The molecule has 7 heteroatoms. The Morgan fingerprint density at radius 3 is 2.96 bits per heavy atom. The quantitative estimate of drug-likeness (QED) is 0.819. The van der Waals surface area contributed by atoms with Crippen LogP contribution in [0.4, 0.5) is 0 Å². The number of ether oxygens (including phenoxy) is 2. The number of hydrogen-bond acceptors (Lipinski definition) is 5. The maximum Gasteiger partial charge on any atom is 0.257 e. The molecule has 2 aliphatic heterocycles. The molecule has 0 N–H and O–H groups in total. The molecule has 4 rings (SSSR count). The Morgan fingerprint density at radius 1 is 1.38 bits per heavy atom. The lowest BCUT2D eigenvalue weighted by molar-refractivity contribution is 0.0580. The lowest BCUT2D eigenvalue weighted by Gasteiger charge is -2.33. The van der Waals surface area contributed by atoms with Crippen LogP contribution < -0.4 is 0 Å². The van der Waals surface area contributed by atoms with Crippen LogP contribution in [0.25, 0.3) is 0 Å². The first-order valence-electron chi connectivity index (χ1n) is 9.19. The van der Waals surface area contributed by atoms with Gasteiger partial charge in [0.2, 0.25) is 0 Å². The molecule has 2 aromatic rings. The first-order chi connectivity index (χ1) is 12.8. The topological polar surface area (TPSA) is 69.7 Å². The molecule has 7 nitrogen and oxygen atoms in total. The molecule has 0 saturated carbocycles. The Labute approximate surface area is 152 Å². The summed E-state index contributed by atoms with van der Waals surface area (Å²) in [5.41, 5.74) is 2.91. The van der Waals surface area contributed by atoms with Crippen molar-refractivity contribution < 1.29 is 18.7 Å². The summed E-state index contributed by atoms with van der Waals surface area (Å²) < 4.78 is 18.1. The third-order valence-corrected chi connectivity index (χ3v) is 5.34. The highest BCUT2D eigenvalue weighted by Gasteiger charge is 2.33. The lowest BCUT2D eigenvalue weighted by atomic mass is 9.95. The molecule has 1 atom stereocenters. The zero-order chi connectivity index (χ0) is 17.9. The molecule has 0 bridgehead atoms. The minimum Gasteiger partial charge on any atom is -0.472 e. The molecule has 0 aromatic carbocycles. The standard InChI is InChI=1S/C19H25N3O4/c1-24-12-17-11-21(19(23)15-4-7-26-13-15)10-16-8-20-22(18(16)17)9-14-2-5-25-6-3-14/h4,7-8,13-14,17H,2-3,5-6,9-12H2,1H3/t17-/m1/s1. The average molecular weight is 359 g/mol. The van der Waals surface area contributed by atoms with Gasteiger partial charge in [-0.1, -0.05) is 0 Å². The van der Waals surface area contributed by atoms with Crippen molar-refractivity contribution in [3.05, 3.63) is 41.6 Å². The van der Waals surface area contributed by atoms with Crippen molar-refractivity contribution in [2.75, 3.05) is 33.5 Å². The summed E-state index contributed by atoms with van der Waals surface area (Å²) in [4.78, 5) is 14.6. The highest BCUT2D eigenvalue weighted by molar-refractivity contribution is 5.94. The van der Waals surface area contributed by atoms with Crippen LogP contribution in [-0.4, -0.2) is 54.1 Å². The molecule has 0 unspecified atom stereocenters. The van der Waals surface area contributed by atoms with Crippen LogP contribution in [0.1, 0.15) is 40.4 Å². The van der Waals surface area contributed by atoms with Crippen molar-refractivity contribution in [3.63, 3.8) is 0 Å². The summed E-state index contributed by atoms with van der Waals surface area (Å²) in [6.45, 7) is 4.36. The summed E-state index contributed by atoms with van der Waals surface area (Å²) in [5.74, 6) is 0.714. The molecule has 1 fully saturated rings. The van der Waals surface area contributed by atoms with Crippen LogP contribution >= 0.6 is 0 Å². The number of amides is 1. The van der Waals surface area contributed by atoms with Crippen molar-refractivity contribution in [2.45, 2.75) is 31.8 Å². The van der Waals surface area contributed by atoms with Crippen molar-refractivity contribution in [2.24, 2.45) is 5.92 Å². The summed E-state index contributed by atoms with van der Waals surface area (Å²) in [6.07, 6.45) is 7.09. The second-order valence-corrected chi connectivity index (χ2v) is 7.14. The Morgan fingerprint density at radius 2 is 2.23 bits per heavy atom. The zero-order valence-electron chi connectivity index (χ0n) is 15.1. The number of furan rings is 1. The molecule has 140 valence electrons.